The van der Waals surface area contributed by atoms with Gasteiger partial charge in [-0.05, 0) is 29.8 Å². The lowest BCUT2D eigenvalue weighted by molar-refractivity contribution is -0.126. The van der Waals surface area contributed by atoms with Gasteiger partial charge in [-0.1, -0.05) is 31.2 Å². The largest absolute Gasteiger partial charge is 0.375 e. The second kappa shape index (κ2) is 5.58. The van der Waals surface area contributed by atoms with E-state index < -0.39 is 0 Å². The van der Waals surface area contributed by atoms with Crippen molar-refractivity contribution < 1.29 is 4.79 Å². The van der Waals surface area contributed by atoms with Crippen LogP contribution in [0.4, 0.5) is 0 Å². The molecule has 0 unspecified atom stereocenters. The van der Waals surface area contributed by atoms with Crippen molar-refractivity contribution in [3.8, 4) is 0 Å². The number of hydrazine groups is 1. The molecule has 1 aromatic carbocycles. The molecule has 86 valence electrons. The summed E-state index contributed by atoms with van der Waals surface area (Å²) < 4.78 is 0. The highest BCUT2D eigenvalue weighted by Gasteiger charge is 2.12. The van der Waals surface area contributed by atoms with Gasteiger partial charge < -0.3 is 5.73 Å². The van der Waals surface area contributed by atoms with E-state index in [0.29, 0.717) is 0 Å². The SMILES string of the molecule is CCc1cccc(CC(=O)N(N)C(N)=S)c1. The first-order chi connectivity index (χ1) is 7.54. The molecular formula is C11H15N3OS. The lowest BCUT2D eigenvalue weighted by atomic mass is 10.1. The first-order valence-corrected chi connectivity index (χ1v) is 5.40. The Morgan fingerprint density at radius 3 is 2.62 bits per heavy atom. The van der Waals surface area contributed by atoms with Crippen LogP contribution >= 0.6 is 12.2 Å². The molecular weight excluding hydrogens is 222 g/mol. The average molecular weight is 237 g/mol. The molecule has 0 aliphatic heterocycles. The van der Waals surface area contributed by atoms with Crippen LogP contribution in [0.15, 0.2) is 24.3 Å². The normalized spacial score (nSPS) is 9.88. The molecule has 4 N–H and O–H groups in total. The predicted octanol–water partition coefficient (Wildman–Crippen LogP) is 0.737. The maximum absolute atomic E-state index is 11.6. The van der Waals surface area contributed by atoms with Gasteiger partial charge in [0.2, 0.25) is 5.91 Å². The van der Waals surface area contributed by atoms with Crippen LogP contribution in [-0.2, 0) is 17.6 Å². The van der Waals surface area contributed by atoms with Gasteiger partial charge in [-0.25, -0.2) is 10.9 Å². The van der Waals surface area contributed by atoms with Crippen molar-refractivity contribution in [3.05, 3.63) is 35.4 Å². The highest BCUT2D eigenvalue weighted by Crippen LogP contribution is 2.07. The number of benzene rings is 1. The van der Waals surface area contributed by atoms with E-state index in [-0.39, 0.29) is 17.4 Å². The Morgan fingerprint density at radius 1 is 1.44 bits per heavy atom. The molecule has 0 saturated heterocycles. The molecule has 0 saturated carbocycles. The number of aryl methyl sites for hydroxylation is 1. The fraction of sp³-hybridized carbons (Fsp3) is 0.273. The quantitative estimate of drug-likeness (QED) is 0.352. The Balaban J connectivity index is 2.73. The summed E-state index contributed by atoms with van der Waals surface area (Å²) in [5.41, 5.74) is 7.36. The summed E-state index contributed by atoms with van der Waals surface area (Å²) >= 11 is 4.62. The summed E-state index contributed by atoms with van der Waals surface area (Å²) in [7, 11) is 0. The fourth-order valence-electron chi connectivity index (χ4n) is 1.34. The van der Waals surface area contributed by atoms with Crippen molar-refractivity contribution in [2.24, 2.45) is 11.6 Å². The fourth-order valence-corrected chi connectivity index (χ4v) is 1.44. The number of nitrogens with two attached hydrogens (primary N) is 2. The lowest BCUT2D eigenvalue weighted by Crippen LogP contribution is -2.46. The van der Waals surface area contributed by atoms with Crippen LogP contribution in [0.5, 0.6) is 0 Å². The van der Waals surface area contributed by atoms with Crippen LogP contribution in [0.2, 0.25) is 0 Å². The van der Waals surface area contributed by atoms with Crippen molar-refractivity contribution >= 4 is 23.2 Å². The monoisotopic (exact) mass is 237 g/mol. The number of amides is 1. The van der Waals surface area contributed by atoms with Crippen molar-refractivity contribution in [1.29, 1.82) is 0 Å². The molecule has 0 radical (unpaired) electrons. The van der Waals surface area contributed by atoms with Gasteiger partial charge in [0.25, 0.3) is 0 Å². The summed E-state index contributed by atoms with van der Waals surface area (Å²) in [6.07, 6.45) is 1.14. The van der Waals surface area contributed by atoms with Gasteiger partial charge in [-0.15, -0.1) is 0 Å². The average Bonchev–Trinajstić information content (AvgIpc) is 2.28. The van der Waals surface area contributed by atoms with Gasteiger partial charge >= 0.3 is 0 Å². The Kier molecular flexibility index (Phi) is 4.39. The summed E-state index contributed by atoms with van der Waals surface area (Å²) in [6, 6.07) is 7.79. The molecule has 0 aliphatic rings. The summed E-state index contributed by atoms with van der Waals surface area (Å²) in [5, 5.41) is 0.685. The van der Waals surface area contributed by atoms with Gasteiger partial charge in [0, 0.05) is 0 Å². The van der Waals surface area contributed by atoms with Gasteiger partial charge in [-0.3, -0.25) is 4.79 Å². The van der Waals surface area contributed by atoms with E-state index in [2.05, 4.69) is 19.1 Å². The highest BCUT2D eigenvalue weighted by atomic mass is 32.1. The minimum absolute atomic E-state index is 0.114. The van der Waals surface area contributed by atoms with Gasteiger partial charge in [-0.2, -0.15) is 0 Å². The van der Waals surface area contributed by atoms with E-state index in [0.717, 1.165) is 17.0 Å². The van der Waals surface area contributed by atoms with E-state index in [9.17, 15) is 4.79 Å². The molecule has 0 atom stereocenters. The zero-order chi connectivity index (χ0) is 12.1. The van der Waals surface area contributed by atoms with Crippen LogP contribution in [-0.4, -0.2) is 16.0 Å². The number of carbonyl (C=O) groups excluding carboxylic acids is 1. The topological polar surface area (TPSA) is 72.3 Å². The molecule has 0 bridgehead atoms. The van der Waals surface area contributed by atoms with E-state index in [1.54, 1.807) is 0 Å². The summed E-state index contributed by atoms with van der Waals surface area (Å²) in [4.78, 5) is 11.6. The first kappa shape index (κ1) is 12.6. The van der Waals surface area contributed by atoms with Crippen molar-refractivity contribution in [2.45, 2.75) is 19.8 Å². The maximum atomic E-state index is 11.6. The molecule has 0 heterocycles. The number of nitrogens with zero attached hydrogens (tertiary/aromatic N) is 1. The second-order valence-corrected chi connectivity index (χ2v) is 3.87. The molecule has 5 heteroatoms. The zero-order valence-electron chi connectivity index (χ0n) is 9.14. The van der Waals surface area contributed by atoms with E-state index in [1.165, 1.54) is 5.56 Å². The summed E-state index contributed by atoms with van der Waals surface area (Å²) in [6.45, 7) is 2.06. The van der Waals surface area contributed by atoms with Gasteiger partial charge in [0.05, 0.1) is 6.42 Å². The molecule has 0 spiro atoms. The van der Waals surface area contributed by atoms with Crippen molar-refractivity contribution in [3.63, 3.8) is 0 Å². The highest BCUT2D eigenvalue weighted by molar-refractivity contribution is 7.80. The molecule has 16 heavy (non-hydrogen) atoms. The third-order valence-electron chi connectivity index (χ3n) is 2.26. The number of hydrogen-bond acceptors (Lipinski definition) is 3. The van der Waals surface area contributed by atoms with Crippen LogP contribution in [0, 0.1) is 0 Å². The van der Waals surface area contributed by atoms with Crippen molar-refractivity contribution in [1.82, 2.24) is 5.01 Å². The van der Waals surface area contributed by atoms with E-state index in [4.69, 9.17) is 11.6 Å². The molecule has 4 nitrogen and oxygen atoms in total. The first-order valence-electron chi connectivity index (χ1n) is 4.99. The summed E-state index contributed by atoms with van der Waals surface area (Å²) in [5.74, 6) is 5.09. The van der Waals surface area contributed by atoms with E-state index in [1.807, 2.05) is 24.3 Å². The second-order valence-electron chi connectivity index (χ2n) is 3.45. The van der Waals surface area contributed by atoms with Crippen LogP contribution in [0.1, 0.15) is 18.1 Å². The standard InChI is InChI=1S/C11H15N3OS/c1-2-8-4-3-5-9(6-8)7-10(15)14(13)11(12)16/h3-6H,2,7,13H2,1H3,(H2,12,16). The smallest absolute Gasteiger partial charge is 0.247 e. The Bertz CT molecular complexity index is 406. The molecule has 0 aliphatic carbocycles. The van der Waals surface area contributed by atoms with Crippen LogP contribution in [0.3, 0.4) is 0 Å². The third-order valence-corrected chi connectivity index (χ3v) is 2.46. The Labute approximate surface area is 100 Å². The lowest BCUT2D eigenvalue weighted by Gasteiger charge is -2.14. The predicted molar refractivity (Wildman–Crippen MR) is 67.3 cm³/mol. The third kappa shape index (κ3) is 3.29. The Hall–Kier alpha value is -1.46. The maximum Gasteiger partial charge on any atom is 0.247 e. The number of carbonyl (C=O) groups is 1. The van der Waals surface area contributed by atoms with E-state index >= 15 is 0 Å². The molecule has 0 fully saturated rings. The Morgan fingerprint density at radius 2 is 2.06 bits per heavy atom. The van der Waals surface area contributed by atoms with Crippen molar-refractivity contribution in [2.75, 3.05) is 0 Å². The minimum Gasteiger partial charge on any atom is -0.375 e. The molecule has 1 amide bonds. The number of thiocarbonyl (C=S) groups is 1. The number of hydrogen-bond donors (Lipinski definition) is 2. The number of rotatable bonds is 3. The van der Waals surface area contributed by atoms with Gasteiger partial charge in [0.15, 0.2) is 5.11 Å². The molecule has 1 aromatic rings. The molecule has 0 aromatic heterocycles. The van der Waals surface area contributed by atoms with Crippen LogP contribution in [0.25, 0.3) is 0 Å². The minimum atomic E-state index is -0.305. The van der Waals surface area contributed by atoms with Crippen LogP contribution < -0.4 is 11.6 Å². The zero-order valence-corrected chi connectivity index (χ0v) is 9.96. The van der Waals surface area contributed by atoms with Gasteiger partial charge in [0.1, 0.15) is 0 Å². The molecule has 1 rings (SSSR count).